The van der Waals surface area contributed by atoms with Crippen molar-refractivity contribution >= 4 is 6.29 Å². The van der Waals surface area contributed by atoms with E-state index in [-0.39, 0.29) is 0 Å². The first-order valence-corrected chi connectivity index (χ1v) is 11.0. The van der Waals surface area contributed by atoms with Crippen LogP contribution in [-0.2, 0) is 4.79 Å². The van der Waals surface area contributed by atoms with Gasteiger partial charge in [0.05, 0.1) is 0 Å². The molecular formula is C23H38O. The number of hydrogen-bond acceptors (Lipinski definition) is 1. The third-order valence-corrected chi connectivity index (χ3v) is 9.65. The quantitative estimate of drug-likeness (QED) is 0.430. The fourth-order valence-electron chi connectivity index (χ4n) is 8.33. The maximum atomic E-state index is 10.7. The molecule has 0 heterocycles. The predicted octanol–water partition coefficient (Wildman–Crippen LogP) is 6.40. The van der Waals surface area contributed by atoms with Crippen molar-refractivity contribution in [1.29, 1.82) is 0 Å². The lowest BCUT2D eigenvalue weighted by atomic mass is 9.45. The van der Waals surface area contributed by atoms with Gasteiger partial charge in [-0.25, -0.2) is 0 Å². The zero-order valence-corrected chi connectivity index (χ0v) is 16.1. The molecule has 1 nitrogen and oxygen atoms in total. The highest BCUT2D eigenvalue weighted by atomic mass is 16.1. The van der Waals surface area contributed by atoms with Crippen molar-refractivity contribution in [3.8, 4) is 0 Å². The Morgan fingerprint density at radius 1 is 0.875 bits per heavy atom. The minimum atomic E-state index is 0.599. The molecule has 4 saturated carbocycles. The Morgan fingerprint density at radius 2 is 1.71 bits per heavy atom. The highest BCUT2D eigenvalue weighted by Gasteiger charge is 2.59. The predicted molar refractivity (Wildman–Crippen MR) is 99.7 cm³/mol. The second-order valence-corrected chi connectivity index (χ2v) is 10.3. The molecule has 0 saturated heterocycles. The van der Waals surface area contributed by atoms with Gasteiger partial charge in [-0.2, -0.15) is 0 Å². The van der Waals surface area contributed by atoms with Crippen LogP contribution in [-0.4, -0.2) is 6.29 Å². The van der Waals surface area contributed by atoms with Crippen LogP contribution in [0.4, 0.5) is 0 Å². The number of fused-ring (bicyclic) bond motifs is 5. The summed E-state index contributed by atoms with van der Waals surface area (Å²) in [7, 11) is 0. The molecule has 4 fully saturated rings. The highest BCUT2D eigenvalue weighted by Crippen LogP contribution is 2.67. The number of carbonyl (C=O) groups excluding carboxylic acids is 1. The van der Waals surface area contributed by atoms with Gasteiger partial charge in [-0.15, -0.1) is 0 Å². The molecule has 0 amide bonds. The van der Waals surface area contributed by atoms with Crippen LogP contribution in [0.25, 0.3) is 0 Å². The molecule has 0 aromatic carbocycles. The molecule has 0 spiro atoms. The van der Waals surface area contributed by atoms with E-state index in [2.05, 4.69) is 13.8 Å². The standard InChI is InChI=1S/C23H38O/c1-22-14-5-3-7-17(22)9-11-19-20-12-10-18(8-4-6-16-24)23(20,2)15-13-21(19)22/h16-21H,3-15H2,1-2H3/t17?,18-,19-,20-,21-,22-,23+/m0/s1. The maximum absolute atomic E-state index is 10.7. The van der Waals surface area contributed by atoms with E-state index in [9.17, 15) is 4.79 Å². The van der Waals surface area contributed by atoms with Gasteiger partial charge in [0, 0.05) is 6.42 Å². The first-order valence-electron chi connectivity index (χ1n) is 11.0. The largest absolute Gasteiger partial charge is 0.303 e. The topological polar surface area (TPSA) is 17.1 Å². The van der Waals surface area contributed by atoms with Gasteiger partial charge in [0.25, 0.3) is 0 Å². The van der Waals surface area contributed by atoms with Crippen molar-refractivity contribution in [2.24, 2.45) is 40.4 Å². The summed E-state index contributed by atoms with van der Waals surface area (Å²) in [6, 6.07) is 0. The van der Waals surface area contributed by atoms with Gasteiger partial charge < -0.3 is 4.79 Å². The molecule has 1 heteroatoms. The molecule has 0 radical (unpaired) electrons. The number of carbonyl (C=O) groups is 1. The van der Waals surface area contributed by atoms with E-state index in [0.717, 1.165) is 48.7 Å². The summed E-state index contributed by atoms with van der Waals surface area (Å²) in [6.45, 7) is 5.33. The lowest BCUT2D eigenvalue weighted by Gasteiger charge is -2.60. The number of hydrogen-bond donors (Lipinski definition) is 0. The molecule has 136 valence electrons. The van der Waals surface area contributed by atoms with Gasteiger partial charge >= 0.3 is 0 Å². The second-order valence-electron chi connectivity index (χ2n) is 10.3. The van der Waals surface area contributed by atoms with Crippen LogP contribution in [0, 0.1) is 40.4 Å². The van der Waals surface area contributed by atoms with Crippen LogP contribution in [0.3, 0.4) is 0 Å². The van der Waals surface area contributed by atoms with Gasteiger partial charge in [0.15, 0.2) is 0 Å². The van der Waals surface area contributed by atoms with Crippen molar-refractivity contribution in [2.45, 2.75) is 97.3 Å². The Balaban J connectivity index is 1.51. The normalized spacial score (nSPS) is 50.7. The third-order valence-electron chi connectivity index (χ3n) is 9.65. The van der Waals surface area contributed by atoms with Gasteiger partial charge in [0.2, 0.25) is 0 Å². The van der Waals surface area contributed by atoms with E-state index in [0.29, 0.717) is 10.8 Å². The molecule has 4 aliphatic rings. The van der Waals surface area contributed by atoms with E-state index in [1.165, 1.54) is 70.6 Å². The summed E-state index contributed by atoms with van der Waals surface area (Å²) in [4.78, 5) is 10.7. The zero-order chi connectivity index (χ0) is 16.8. The monoisotopic (exact) mass is 330 g/mol. The lowest BCUT2D eigenvalue weighted by Crippen LogP contribution is -2.52. The van der Waals surface area contributed by atoms with Crippen LogP contribution in [0.5, 0.6) is 0 Å². The summed E-state index contributed by atoms with van der Waals surface area (Å²) >= 11 is 0. The molecule has 1 unspecified atom stereocenters. The summed E-state index contributed by atoms with van der Waals surface area (Å²) in [6.07, 6.45) is 19.4. The maximum Gasteiger partial charge on any atom is 0.119 e. The van der Waals surface area contributed by atoms with E-state index < -0.39 is 0 Å². The summed E-state index contributed by atoms with van der Waals surface area (Å²) in [5.41, 5.74) is 1.28. The molecule has 0 bridgehead atoms. The Labute approximate surface area is 149 Å². The van der Waals surface area contributed by atoms with Crippen LogP contribution in [0.2, 0.25) is 0 Å². The minimum absolute atomic E-state index is 0.599. The Hall–Kier alpha value is -0.330. The Kier molecular flexibility index (Phi) is 4.59. The lowest BCUT2D eigenvalue weighted by molar-refractivity contribution is -0.112. The van der Waals surface area contributed by atoms with Crippen molar-refractivity contribution in [3.05, 3.63) is 0 Å². The number of rotatable bonds is 4. The molecular weight excluding hydrogens is 292 g/mol. The molecule has 4 rings (SSSR count). The van der Waals surface area contributed by atoms with Gasteiger partial charge in [-0.3, -0.25) is 0 Å². The van der Waals surface area contributed by atoms with E-state index in [1.807, 2.05) is 0 Å². The molecule has 7 atom stereocenters. The van der Waals surface area contributed by atoms with E-state index in [1.54, 1.807) is 0 Å². The first-order chi connectivity index (χ1) is 11.6. The van der Waals surface area contributed by atoms with Crippen molar-refractivity contribution in [1.82, 2.24) is 0 Å². The average molecular weight is 331 g/mol. The fourth-order valence-corrected chi connectivity index (χ4v) is 8.33. The van der Waals surface area contributed by atoms with Crippen molar-refractivity contribution < 1.29 is 4.79 Å². The molecule has 0 aromatic rings. The highest BCUT2D eigenvalue weighted by molar-refractivity contribution is 5.48. The number of unbranched alkanes of at least 4 members (excludes halogenated alkanes) is 1. The number of aldehydes is 1. The van der Waals surface area contributed by atoms with Crippen LogP contribution in [0.15, 0.2) is 0 Å². The summed E-state index contributed by atoms with van der Waals surface area (Å²) in [5, 5.41) is 0. The van der Waals surface area contributed by atoms with Gasteiger partial charge in [-0.05, 0) is 105 Å². The van der Waals surface area contributed by atoms with Crippen molar-refractivity contribution in [3.63, 3.8) is 0 Å². The smallest absolute Gasteiger partial charge is 0.119 e. The molecule has 24 heavy (non-hydrogen) atoms. The van der Waals surface area contributed by atoms with Crippen LogP contribution < -0.4 is 0 Å². The Morgan fingerprint density at radius 3 is 2.54 bits per heavy atom. The molecule has 0 aliphatic heterocycles. The van der Waals surface area contributed by atoms with Crippen LogP contribution in [0.1, 0.15) is 97.3 Å². The molecule has 0 aromatic heterocycles. The summed E-state index contributed by atoms with van der Waals surface area (Å²) < 4.78 is 0. The first kappa shape index (κ1) is 17.1. The zero-order valence-electron chi connectivity index (χ0n) is 16.1. The third kappa shape index (κ3) is 2.52. The van der Waals surface area contributed by atoms with Gasteiger partial charge in [-0.1, -0.05) is 26.7 Å². The average Bonchev–Trinajstić information content (AvgIpc) is 2.91. The minimum Gasteiger partial charge on any atom is -0.303 e. The van der Waals surface area contributed by atoms with E-state index >= 15 is 0 Å². The van der Waals surface area contributed by atoms with Crippen LogP contribution >= 0.6 is 0 Å². The Bertz CT molecular complexity index is 471. The second kappa shape index (κ2) is 6.44. The van der Waals surface area contributed by atoms with E-state index in [4.69, 9.17) is 0 Å². The van der Waals surface area contributed by atoms with Crippen molar-refractivity contribution in [2.75, 3.05) is 0 Å². The fraction of sp³-hybridized carbons (Fsp3) is 0.957. The molecule has 4 aliphatic carbocycles. The molecule has 0 N–H and O–H groups in total. The summed E-state index contributed by atoms with van der Waals surface area (Å²) in [5.74, 6) is 5.00. The SMILES string of the molecule is C[C@]12CC[C@H]3[C@@H](CCC4CCCC[C@@]43C)[C@@H]1CC[C@@H]2CCCC=O. The van der Waals surface area contributed by atoms with Gasteiger partial charge in [0.1, 0.15) is 6.29 Å².